The first-order chi connectivity index (χ1) is 12.1. The van der Waals surface area contributed by atoms with Crippen molar-refractivity contribution in [3.05, 3.63) is 35.4 Å². The van der Waals surface area contributed by atoms with Gasteiger partial charge in [-0.25, -0.2) is 0 Å². The standard InChI is InChI=1S/C19H32N2.C4H10/c1-4-17-9-8-10-18(15-17)16-21(14-13-20(2)3)19-11-6-5-7-12-19;1-3-4-2/h8-10,15,19H,4-7,11-14,16H2,1-3H3;3-4H2,1-2H3. The van der Waals surface area contributed by atoms with Crippen LogP contribution in [0.1, 0.15) is 76.8 Å². The van der Waals surface area contributed by atoms with Gasteiger partial charge in [0.1, 0.15) is 0 Å². The molecule has 2 rings (SSSR count). The van der Waals surface area contributed by atoms with Crippen molar-refractivity contribution in [2.45, 2.75) is 84.7 Å². The van der Waals surface area contributed by atoms with Crippen LogP contribution >= 0.6 is 0 Å². The predicted molar refractivity (Wildman–Crippen MR) is 112 cm³/mol. The largest absolute Gasteiger partial charge is 0.308 e. The molecular formula is C23H42N2. The number of benzene rings is 1. The number of nitrogens with zero attached hydrogens (tertiary/aromatic N) is 2. The second kappa shape index (κ2) is 13.4. The molecule has 1 saturated carbocycles. The summed E-state index contributed by atoms with van der Waals surface area (Å²) in [5, 5.41) is 0. The minimum Gasteiger partial charge on any atom is -0.308 e. The van der Waals surface area contributed by atoms with Crippen LogP contribution in [0.15, 0.2) is 24.3 Å². The molecule has 0 spiro atoms. The van der Waals surface area contributed by atoms with Crippen molar-refractivity contribution < 1.29 is 0 Å². The Hall–Kier alpha value is -0.860. The van der Waals surface area contributed by atoms with Gasteiger partial charge in [0.05, 0.1) is 0 Å². The van der Waals surface area contributed by atoms with Crippen LogP contribution in [0.3, 0.4) is 0 Å². The van der Waals surface area contributed by atoms with E-state index < -0.39 is 0 Å². The molecule has 1 fully saturated rings. The summed E-state index contributed by atoms with van der Waals surface area (Å²) in [6.45, 7) is 10.1. The number of aryl methyl sites for hydroxylation is 1. The van der Waals surface area contributed by atoms with E-state index in [4.69, 9.17) is 0 Å². The van der Waals surface area contributed by atoms with E-state index >= 15 is 0 Å². The molecule has 0 heterocycles. The van der Waals surface area contributed by atoms with Crippen molar-refractivity contribution in [3.63, 3.8) is 0 Å². The molecule has 0 atom stereocenters. The molecule has 1 aromatic carbocycles. The van der Waals surface area contributed by atoms with E-state index in [9.17, 15) is 0 Å². The predicted octanol–water partition coefficient (Wildman–Crippen LogP) is 5.75. The molecule has 25 heavy (non-hydrogen) atoms. The van der Waals surface area contributed by atoms with Gasteiger partial charge in [0.2, 0.25) is 0 Å². The van der Waals surface area contributed by atoms with Gasteiger partial charge in [-0.2, -0.15) is 0 Å². The zero-order chi connectivity index (χ0) is 18.5. The molecule has 0 radical (unpaired) electrons. The van der Waals surface area contributed by atoms with E-state index in [0.29, 0.717) is 0 Å². The number of rotatable bonds is 8. The summed E-state index contributed by atoms with van der Waals surface area (Å²) < 4.78 is 0. The zero-order valence-corrected chi connectivity index (χ0v) is 17.6. The summed E-state index contributed by atoms with van der Waals surface area (Å²) in [5.74, 6) is 0. The zero-order valence-electron chi connectivity index (χ0n) is 17.6. The van der Waals surface area contributed by atoms with Crippen LogP contribution in [0.4, 0.5) is 0 Å². The quantitative estimate of drug-likeness (QED) is 0.591. The first-order valence-corrected chi connectivity index (χ1v) is 10.6. The average Bonchev–Trinajstić information content (AvgIpc) is 2.66. The van der Waals surface area contributed by atoms with Gasteiger partial charge in [-0.1, -0.05) is 77.1 Å². The molecule has 1 aliphatic rings. The highest BCUT2D eigenvalue weighted by Crippen LogP contribution is 2.24. The Labute approximate surface area is 157 Å². The molecule has 0 amide bonds. The number of hydrogen-bond donors (Lipinski definition) is 0. The van der Waals surface area contributed by atoms with Crippen LogP contribution in [0.5, 0.6) is 0 Å². The molecule has 0 saturated heterocycles. The Bertz CT molecular complexity index is 433. The van der Waals surface area contributed by atoms with E-state index in [1.807, 2.05) is 0 Å². The molecule has 144 valence electrons. The number of unbranched alkanes of at least 4 members (excludes halogenated alkanes) is 1. The maximum absolute atomic E-state index is 2.73. The third kappa shape index (κ3) is 9.42. The highest BCUT2D eigenvalue weighted by atomic mass is 15.2. The SMILES string of the molecule is CCCC.CCc1cccc(CN(CCN(C)C)C2CCCCC2)c1. The fourth-order valence-corrected chi connectivity index (χ4v) is 3.35. The molecule has 1 aromatic rings. The Morgan fingerprint density at radius 3 is 2.08 bits per heavy atom. The van der Waals surface area contributed by atoms with E-state index in [1.54, 1.807) is 0 Å². The summed E-state index contributed by atoms with van der Waals surface area (Å²) in [4.78, 5) is 5.03. The minimum absolute atomic E-state index is 0.795. The third-order valence-electron chi connectivity index (χ3n) is 5.21. The van der Waals surface area contributed by atoms with Gasteiger partial charge < -0.3 is 4.90 Å². The highest BCUT2D eigenvalue weighted by molar-refractivity contribution is 5.23. The minimum atomic E-state index is 0.795. The van der Waals surface area contributed by atoms with Crippen molar-refractivity contribution in [2.75, 3.05) is 27.2 Å². The van der Waals surface area contributed by atoms with Crippen molar-refractivity contribution in [1.82, 2.24) is 9.80 Å². The van der Waals surface area contributed by atoms with Gasteiger partial charge in [-0.15, -0.1) is 0 Å². The van der Waals surface area contributed by atoms with Crippen LogP contribution in [0.25, 0.3) is 0 Å². The van der Waals surface area contributed by atoms with Crippen LogP contribution in [-0.4, -0.2) is 43.0 Å². The Morgan fingerprint density at radius 1 is 0.880 bits per heavy atom. The monoisotopic (exact) mass is 346 g/mol. The van der Waals surface area contributed by atoms with Gasteiger partial charge >= 0.3 is 0 Å². The maximum Gasteiger partial charge on any atom is 0.0237 e. The molecule has 0 N–H and O–H groups in total. The molecule has 0 aromatic heterocycles. The Kier molecular flexibility index (Phi) is 11.9. The third-order valence-corrected chi connectivity index (χ3v) is 5.21. The first-order valence-electron chi connectivity index (χ1n) is 10.6. The Balaban J connectivity index is 0.000000705. The first kappa shape index (κ1) is 22.2. The van der Waals surface area contributed by atoms with Crippen molar-refractivity contribution in [2.24, 2.45) is 0 Å². The van der Waals surface area contributed by atoms with Gasteiger partial charge in [0.15, 0.2) is 0 Å². The lowest BCUT2D eigenvalue weighted by Crippen LogP contribution is -2.40. The summed E-state index contributed by atoms with van der Waals surface area (Å²) in [7, 11) is 4.35. The van der Waals surface area contributed by atoms with E-state index in [1.165, 1.54) is 62.6 Å². The molecule has 0 aliphatic heterocycles. The smallest absolute Gasteiger partial charge is 0.0237 e. The fraction of sp³-hybridized carbons (Fsp3) is 0.739. The normalized spacial score (nSPS) is 15.3. The van der Waals surface area contributed by atoms with Crippen molar-refractivity contribution in [3.8, 4) is 0 Å². The maximum atomic E-state index is 2.73. The second-order valence-corrected chi connectivity index (χ2v) is 7.74. The van der Waals surface area contributed by atoms with E-state index in [2.05, 4.69) is 68.9 Å². The van der Waals surface area contributed by atoms with Gasteiger partial charge in [0, 0.05) is 25.7 Å². The number of hydrogen-bond acceptors (Lipinski definition) is 2. The Morgan fingerprint density at radius 2 is 1.52 bits per heavy atom. The molecule has 1 aliphatic carbocycles. The van der Waals surface area contributed by atoms with Gasteiger partial charge in [0.25, 0.3) is 0 Å². The van der Waals surface area contributed by atoms with Crippen molar-refractivity contribution >= 4 is 0 Å². The molecule has 2 heteroatoms. The van der Waals surface area contributed by atoms with Crippen LogP contribution in [0, 0.1) is 0 Å². The molecule has 0 unspecified atom stereocenters. The summed E-state index contributed by atoms with van der Waals surface area (Å²) >= 11 is 0. The van der Waals surface area contributed by atoms with Crippen LogP contribution < -0.4 is 0 Å². The van der Waals surface area contributed by atoms with Crippen LogP contribution in [-0.2, 0) is 13.0 Å². The van der Waals surface area contributed by atoms with E-state index in [-0.39, 0.29) is 0 Å². The van der Waals surface area contributed by atoms with Crippen LogP contribution in [0.2, 0.25) is 0 Å². The van der Waals surface area contributed by atoms with Gasteiger partial charge in [-0.3, -0.25) is 4.90 Å². The lowest BCUT2D eigenvalue weighted by molar-refractivity contribution is 0.136. The lowest BCUT2D eigenvalue weighted by Gasteiger charge is -2.35. The summed E-state index contributed by atoms with van der Waals surface area (Å²) in [5.41, 5.74) is 2.95. The summed E-state index contributed by atoms with van der Waals surface area (Å²) in [6, 6.07) is 9.95. The molecular weight excluding hydrogens is 304 g/mol. The highest BCUT2D eigenvalue weighted by Gasteiger charge is 2.21. The topological polar surface area (TPSA) is 6.48 Å². The van der Waals surface area contributed by atoms with Gasteiger partial charge in [-0.05, 0) is 44.5 Å². The number of likely N-dealkylation sites (N-methyl/N-ethyl adjacent to an activating group) is 1. The molecule has 0 bridgehead atoms. The molecule has 2 nitrogen and oxygen atoms in total. The fourth-order valence-electron chi connectivity index (χ4n) is 3.35. The second-order valence-electron chi connectivity index (χ2n) is 7.74. The average molecular weight is 347 g/mol. The van der Waals surface area contributed by atoms with Crippen molar-refractivity contribution in [1.29, 1.82) is 0 Å². The summed E-state index contributed by atoms with van der Waals surface area (Å²) in [6.07, 6.45) is 10.8. The lowest BCUT2D eigenvalue weighted by atomic mass is 9.93. The van der Waals surface area contributed by atoms with E-state index in [0.717, 1.165) is 25.6 Å².